The second-order valence-electron chi connectivity index (χ2n) is 5.60. The number of carbonyl (C=O) groups excluding carboxylic acids is 1. The van der Waals surface area contributed by atoms with Crippen LogP contribution in [0.4, 0.5) is 0 Å². The monoisotopic (exact) mass is 355 g/mol. The van der Waals surface area contributed by atoms with Crippen LogP contribution in [0.3, 0.4) is 0 Å². The van der Waals surface area contributed by atoms with E-state index >= 15 is 0 Å². The molecule has 0 saturated carbocycles. The van der Waals surface area contributed by atoms with E-state index in [0.29, 0.717) is 16.3 Å². The van der Waals surface area contributed by atoms with Gasteiger partial charge in [0.25, 0.3) is 5.91 Å². The van der Waals surface area contributed by atoms with Gasteiger partial charge in [-0.25, -0.2) is 0 Å². The molecule has 6 heteroatoms. The largest absolute Gasteiger partial charge is 0.497 e. The molecule has 0 aliphatic rings. The van der Waals surface area contributed by atoms with E-state index in [2.05, 4.69) is 15.5 Å². The van der Waals surface area contributed by atoms with Crippen LogP contribution in [0.5, 0.6) is 5.75 Å². The molecule has 1 unspecified atom stereocenters. The van der Waals surface area contributed by atoms with Gasteiger partial charge in [-0.2, -0.15) is 5.10 Å². The van der Waals surface area contributed by atoms with Crippen LogP contribution in [-0.4, -0.2) is 23.2 Å². The molecule has 0 aliphatic heterocycles. The molecule has 0 radical (unpaired) electrons. The molecule has 0 aliphatic carbocycles. The zero-order valence-corrected chi connectivity index (χ0v) is 14.7. The Kier molecular flexibility index (Phi) is 5.05. The number of ether oxygens (including phenoxy) is 1. The van der Waals surface area contributed by atoms with Crippen LogP contribution in [0.15, 0.2) is 54.7 Å². The van der Waals surface area contributed by atoms with Gasteiger partial charge in [-0.1, -0.05) is 29.8 Å². The number of halogens is 1. The number of hydrogen-bond acceptors (Lipinski definition) is 3. The Hall–Kier alpha value is -2.79. The summed E-state index contributed by atoms with van der Waals surface area (Å²) in [6, 6.07) is 14.7. The van der Waals surface area contributed by atoms with Crippen LogP contribution in [0, 0.1) is 0 Å². The lowest BCUT2D eigenvalue weighted by Gasteiger charge is -2.15. The SMILES string of the molecule is COc1ccc(-c2[nH]ncc2C(=O)NC(C)c2ccccc2Cl)cc1. The zero-order valence-electron chi connectivity index (χ0n) is 13.9. The molecule has 0 saturated heterocycles. The van der Waals surface area contributed by atoms with Crippen LogP contribution in [0.2, 0.25) is 5.02 Å². The predicted molar refractivity (Wildman–Crippen MR) is 97.9 cm³/mol. The Morgan fingerprint density at radius 3 is 2.60 bits per heavy atom. The number of nitrogens with zero attached hydrogens (tertiary/aromatic N) is 1. The Balaban J connectivity index is 1.81. The molecule has 0 spiro atoms. The van der Waals surface area contributed by atoms with E-state index in [1.807, 2.05) is 49.4 Å². The topological polar surface area (TPSA) is 67.0 Å². The molecule has 1 atom stereocenters. The second-order valence-corrected chi connectivity index (χ2v) is 6.01. The van der Waals surface area contributed by atoms with Gasteiger partial charge in [-0.3, -0.25) is 9.89 Å². The number of rotatable bonds is 5. The van der Waals surface area contributed by atoms with Crippen molar-refractivity contribution in [3.8, 4) is 17.0 Å². The van der Waals surface area contributed by atoms with Gasteiger partial charge in [0, 0.05) is 10.6 Å². The van der Waals surface area contributed by atoms with Crippen LogP contribution in [-0.2, 0) is 0 Å². The Morgan fingerprint density at radius 2 is 1.92 bits per heavy atom. The molecule has 1 amide bonds. The first-order valence-corrected chi connectivity index (χ1v) is 8.21. The molecule has 25 heavy (non-hydrogen) atoms. The molecule has 3 rings (SSSR count). The summed E-state index contributed by atoms with van der Waals surface area (Å²) in [5, 5.41) is 10.5. The molecular formula is C19H18ClN3O2. The molecule has 0 fully saturated rings. The van der Waals surface area contributed by atoms with Gasteiger partial charge in [-0.15, -0.1) is 0 Å². The minimum absolute atomic E-state index is 0.216. The van der Waals surface area contributed by atoms with Crippen LogP contribution in [0.1, 0.15) is 28.9 Å². The summed E-state index contributed by atoms with van der Waals surface area (Å²) in [7, 11) is 1.61. The van der Waals surface area contributed by atoms with Gasteiger partial charge in [0.05, 0.1) is 30.6 Å². The van der Waals surface area contributed by atoms with Crippen molar-refractivity contribution in [2.24, 2.45) is 0 Å². The van der Waals surface area contributed by atoms with Crippen molar-refractivity contribution in [3.05, 3.63) is 70.9 Å². The van der Waals surface area contributed by atoms with Gasteiger partial charge in [0.15, 0.2) is 0 Å². The third-order valence-corrected chi connectivity index (χ3v) is 4.33. The average molecular weight is 356 g/mol. The third-order valence-electron chi connectivity index (χ3n) is 3.98. The summed E-state index contributed by atoms with van der Waals surface area (Å²) in [6.07, 6.45) is 1.52. The molecule has 128 valence electrons. The molecule has 3 aromatic rings. The van der Waals surface area contributed by atoms with E-state index in [9.17, 15) is 4.79 Å². The van der Waals surface area contributed by atoms with Crippen molar-refractivity contribution >= 4 is 17.5 Å². The maximum absolute atomic E-state index is 12.7. The number of carbonyl (C=O) groups is 1. The Bertz CT molecular complexity index is 874. The summed E-state index contributed by atoms with van der Waals surface area (Å²) < 4.78 is 5.16. The maximum Gasteiger partial charge on any atom is 0.255 e. The van der Waals surface area contributed by atoms with E-state index in [-0.39, 0.29) is 11.9 Å². The van der Waals surface area contributed by atoms with E-state index in [1.165, 1.54) is 6.20 Å². The van der Waals surface area contributed by atoms with Crippen LogP contribution >= 0.6 is 11.6 Å². The summed E-state index contributed by atoms with van der Waals surface area (Å²) >= 11 is 6.20. The van der Waals surface area contributed by atoms with E-state index in [1.54, 1.807) is 13.2 Å². The van der Waals surface area contributed by atoms with Crippen molar-refractivity contribution in [2.45, 2.75) is 13.0 Å². The van der Waals surface area contributed by atoms with Crippen molar-refractivity contribution in [2.75, 3.05) is 7.11 Å². The van der Waals surface area contributed by atoms with Gasteiger partial charge in [0.2, 0.25) is 0 Å². The molecule has 5 nitrogen and oxygen atoms in total. The standard InChI is InChI=1S/C19H18ClN3O2/c1-12(15-5-3-4-6-17(15)20)22-19(24)16-11-21-23-18(16)13-7-9-14(25-2)10-8-13/h3-12H,1-2H3,(H,21,23)(H,22,24). The number of hydrogen-bond donors (Lipinski definition) is 2. The Morgan fingerprint density at radius 1 is 1.20 bits per heavy atom. The maximum atomic E-state index is 12.7. The molecule has 0 bridgehead atoms. The highest BCUT2D eigenvalue weighted by Gasteiger charge is 2.18. The number of H-pyrrole nitrogens is 1. The lowest BCUT2D eigenvalue weighted by Crippen LogP contribution is -2.27. The first-order valence-electron chi connectivity index (χ1n) is 7.83. The van der Waals surface area contributed by atoms with Crippen molar-refractivity contribution in [3.63, 3.8) is 0 Å². The molecule has 1 heterocycles. The van der Waals surface area contributed by atoms with Gasteiger partial charge in [-0.05, 0) is 42.8 Å². The third kappa shape index (κ3) is 3.67. The normalized spacial score (nSPS) is 11.8. The zero-order chi connectivity index (χ0) is 17.8. The number of benzene rings is 2. The van der Waals surface area contributed by atoms with Crippen LogP contribution in [0.25, 0.3) is 11.3 Å². The highest BCUT2D eigenvalue weighted by Crippen LogP contribution is 2.26. The summed E-state index contributed by atoms with van der Waals surface area (Å²) in [5.74, 6) is 0.536. The van der Waals surface area contributed by atoms with Gasteiger partial charge in [0.1, 0.15) is 5.75 Å². The first-order chi connectivity index (χ1) is 12.1. The number of nitrogens with one attached hydrogen (secondary N) is 2. The smallest absolute Gasteiger partial charge is 0.255 e. The number of aromatic nitrogens is 2. The second kappa shape index (κ2) is 7.40. The minimum atomic E-state index is -0.222. The minimum Gasteiger partial charge on any atom is -0.497 e. The fourth-order valence-corrected chi connectivity index (χ4v) is 2.91. The quantitative estimate of drug-likeness (QED) is 0.719. The highest BCUT2D eigenvalue weighted by molar-refractivity contribution is 6.31. The summed E-state index contributed by atoms with van der Waals surface area (Å²) in [6.45, 7) is 1.90. The molecule has 1 aromatic heterocycles. The summed E-state index contributed by atoms with van der Waals surface area (Å²) in [4.78, 5) is 12.7. The molecule has 2 N–H and O–H groups in total. The number of amides is 1. The van der Waals surface area contributed by atoms with Gasteiger partial charge < -0.3 is 10.1 Å². The van der Waals surface area contributed by atoms with Crippen molar-refractivity contribution in [1.82, 2.24) is 15.5 Å². The number of aromatic amines is 1. The van der Waals surface area contributed by atoms with Gasteiger partial charge >= 0.3 is 0 Å². The van der Waals surface area contributed by atoms with E-state index < -0.39 is 0 Å². The molecule has 2 aromatic carbocycles. The average Bonchev–Trinajstić information content (AvgIpc) is 3.12. The number of methoxy groups -OCH3 is 1. The summed E-state index contributed by atoms with van der Waals surface area (Å²) in [5.41, 5.74) is 2.86. The Labute approximate surface area is 151 Å². The fraction of sp³-hybridized carbons (Fsp3) is 0.158. The predicted octanol–water partition coefficient (Wildman–Crippen LogP) is 4.23. The van der Waals surface area contributed by atoms with Crippen molar-refractivity contribution < 1.29 is 9.53 Å². The fourth-order valence-electron chi connectivity index (χ4n) is 2.61. The van der Waals surface area contributed by atoms with Crippen molar-refractivity contribution in [1.29, 1.82) is 0 Å². The molecular weight excluding hydrogens is 338 g/mol. The highest BCUT2D eigenvalue weighted by atomic mass is 35.5. The lowest BCUT2D eigenvalue weighted by atomic mass is 10.1. The van der Waals surface area contributed by atoms with Crippen LogP contribution < -0.4 is 10.1 Å². The lowest BCUT2D eigenvalue weighted by molar-refractivity contribution is 0.0940. The van der Waals surface area contributed by atoms with E-state index in [0.717, 1.165) is 16.9 Å². The van der Waals surface area contributed by atoms with E-state index in [4.69, 9.17) is 16.3 Å². The first kappa shape index (κ1) is 17.0.